The summed E-state index contributed by atoms with van der Waals surface area (Å²) in [5, 5.41) is 3.26. The second-order valence-corrected chi connectivity index (χ2v) is 6.52. The molecule has 0 saturated heterocycles. The van der Waals surface area contributed by atoms with Crippen molar-refractivity contribution in [2.75, 3.05) is 24.4 Å². The molecule has 0 saturated carbocycles. The Balaban J connectivity index is 1.82. The molecule has 1 aliphatic rings. The first-order valence-corrected chi connectivity index (χ1v) is 9.26. The van der Waals surface area contributed by atoms with E-state index in [4.69, 9.17) is 9.47 Å². The van der Waals surface area contributed by atoms with E-state index in [1.807, 2.05) is 59.5 Å². The number of rotatable bonds is 8. The highest BCUT2D eigenvalue weighted by atomic mass is 16.5. The van der Waals surface area contributed by atoms with Crippen LogP contribution in [0.3, 0.4) is 0 Å². The number of anilines is 2. The van der Waals surface area contributed by atoms with E-state index in [0.717, 1.165) is 42.1 Å². The molecule has 0 aliphatic carbocycles. The Labute approximate surface area is 160 Å². The maximum atomic E-state index is 13.1. The van der Waals surface area contributed by atoms with Crippen LogP contribution in [0.4, 0.5) is 11.4 Å². The summed E-state index contributed by atoms with van der Waals surface area (Å²) in [5.41, 5.74) is 2.35. The number of carbonyl (C=O) groups is 1. The zero-order chi connectivity index (χ0) is 19.2. The Morgan fingerprint density at radius 2 is 1.56 bits per heavy atom. The third kappa shape index (κ3) is 4.25. The lowest BCUT2D eigenvalue weighted by molar-refractivity contribution is -0.114. The summed E-state index contributed by atoms with van der Waals surface area (Å²) in [6.07, 6.45) is 5.13. The summed E-state index contributed by atoms with van der Waals surface area (Å²) in [7, 11) is 3.27. The third-order valence-corrected chi connectivity index (χ3v) is 4.71. The fraction of sp³-hybridized carbons (Fsp3) is 0.318. The monoisotopic (exact) mass is 366 g/mol. The van der Waals surface area contributed by atoms with Crippen molar-refractivity contribution in [3.05, 3.63) is 60.3 Å². The molecule has 0 aromatic heterocycles. The SMILES string of the molecule is CCCCC1C=C(Nc2ccc(OC)cc2)C(=O)N1c1ccc(OC)cc1. The first-order valence-electron chi connectivity index (χ1n) is 9.26. The van der Waals surface area contributed by atoms with Crippen LogP contribution in [-0.2, 0) is 4.79 Å². The van der Waals surface area contributed by atoms with Gasteiger partial charge in [-0.15, -0.1) is 0 Å². The summed E-state index contributed by atoms with van der Waals surface area (Å²) in [4.78, 5) is 15.0. The van der Waals surface area contributed by atoms with Crippen LogP contribution < -0.4 is 19.7 Å². The number of carbonyl (C=O) groups excluding carboxylic acids is 1. The van der Waals surface area contributed by atoms with Gasteiger partial charge in [0.2, 0.25) is 0 Å². The summed E-state index contributed by atoms with van der Waals surface area (Å²) >= 11 is 0. The van der Waals surface area contributed by atoms with Gasteiger partial charge in [0.15, 0.2) is 0 Å². The van der Waals surface area contributed by atoms with Gasteiger partial charge >= 0.3 is 0 Å². The van der Waals surface area contributed by atoms with Gasteiger partial charge in [0, 0.05) is 11.4 Å². The van der Waals surface area contributed by atoms with Crippen LogP contribution in [0.2, 0.25) is 0 Å². The zero-order valence-electron chi connectivity index (χ0n) is 16.1. The van der Waals surface area contributed by atoms with Crippen molar-refractivity contribution in [1.29, 1.82) is 0 Å². The average molecular weight is 366 g/mol. The molecule has 0 fully saturated rings. The molecule has 0 spiro atoms. The molecule has 142 valence electrons. The van der Waals surface area contributed by atoms with Crippen molar-refractivity contribution < 1.29 is 14.3 Å². The molecule has 3 rings (SSSR count). The molecule has 2 aromatic rings. The lowest BCUT2D eigenvalue weighted by Crippen LogP contribution is -2.35. The second kappa shape index (κ2) is 8.62. The van der Waals surface area contributed by atoms with Crippen LogP contribution in [0.15, 0.2) is 60.3 Å². The maximum Gasteiger partial charge on any atom is 0.274 e. The highest BCUT2D eigenvalue weighted by Gasteiger charge is 2.33. The van der Waals surface area contributed by atoms with E-state index in [9.17, 15) is 4.79 Å². The van der Waals surface area contributed by atoms with Gasteiger partial charge in [0.05, 0.1) is 20.3 Å². The first kappa shape index (κ1) is 18.8. The Bertz CT molecular complexity index is 797. The first-order chi connectivity index (χ1) is 13.2. The minimum atomic E-state index is -0.0166. The Morgan fingerprint density at radius 3 is 2.11 bits per heavy atom. The summed E-state index contributed by atoms with van der Waals surface area (Å²) in [5.74, 6) is 1.55. The molecule has 0 radical (unpaired) electrons. The molecule has 2 aromatic carbocycles. The summed E-state index contributed by atoms with van der Waals surface area (Å²) in [6.45, 7) is 2.16. The predicted octanol–water partition coefficient (Wildman–Crippen LogP) is 4.61. The van der Waals surface area contributed by atoms with Gasteiger partial charge in [-0.25, -0.2) is 0 Å². The maximum absolute atomic E-state index is 13.1. The quantitative estimate of drug-likeness (QED) is 0.741. The van der Waals surface area contributed by atoms with E-state index < -0.39 is 0 Å². The molecule has 1 atom stereocenters. The Morgan fingerprint density at radius 1 is 0.963 bits per heavy atom. The van der Waals surface area contributed by atoms with Crippen LogP contribution >= 0.6 is 0 Å². The topological polar surface area (TPSA) is 50.8 Å². The summed E-state index contributed by atoms with van der Waals surface area (Å²) in [6, 6.07) is 15.2. The van der Waals surface area contributed by atoms with Crippen molar-refractivity contribution in [2.45, 2.75) is 32.2 Å². The standard InChI is InChI=1S/C22H26N2O3/c1-4-5-6-18-15-21(23-16-7-11-19(26-2)12-8-16)22(25)24(18)17-9-13-20(27-3)14-10-17/h7-15,18,23H,4-6H2,1-3H3. The van der Waals surface area contributed by atoms with Crippen molar-refractivity contribution in [2.24, 2.45) is 0 Å². The number of hydrogen-bond acceptors (Lipinski definition) is 4. The molecular weight excluding hydrogens is 340 g/mol. The smallest absolute Gasteiger partial charge is 0.274 e. The zero-order valence-corrected chi connectivity index (χ0v) is 16.1. The van der Waals surface area contributed by atoms with Gasteiger partial charge in [-0.1, -0.05) is 19.8 Å². The van der Waals surface area contributed by atoms with E-state index >= 15 is 0 Å². The number of nitrogens with zero attached hydrogens (tertiary/aromatic N) is 1. The van der Waals surface area contributed by atoms with Gasteiger partial charge in [0.25, 0.3) is 5.91 Å². The van der Waals surface area contributed by atoms with E-state index in [1.54, 1.807) is 14.2 Å². The molecule has 5 heteroatoms. The lowest BCUT2D eigenvalue weighted by atomic mass is 10.1. The molecule has 1 unspecified atom stereocenters. The second-order valence-electron chi connectivity index (χ2n) is 6.52. The van der Waals surface area contributed by atoms with Crippen molar-refractivity contribution in [3.63, 3.8) is 0 Å². The van der Waals surface area contributed by atoms with Crippen LogP contribution in [0.1, 0.15) is 26.2 Å². The van der Waals surface area contributed by atoms with Gasteiger partial charge < -0.3 is 19.7 Å². The van der Waals surface area contributed by atoms with E-state index in [1.165, 1.54) is 0 Å². The third-order valence-electron chi connectivity index (χ3n) is 4.71. The van der Waals surface area contributed by atoms with Gasteiger partial charge in [-0.05, 0) is 61.0 Å². The molecule has 5 nitrogen and oxygen atoms in total. The van der Waals surface area contributed by atoms with Gasteiger partial charge in [-0.3, -0.25) is 4.79 Å². The predicted molar refractivity (Wildman–Crippen MR) is 108 cm³/mol. The molecule has 27 heavy (non-hydrogen) atoms. The van der Waals surface area contributed by atoms with E-state index in [0.29, 0.717) is 5.70 Å². The normalized spacial score (nSPS) is 16.3. The van der Waals surface area contributed by atoms with Crippen LogP contribution in [0, 0.1) is 0 Å². The number of hydrogen-bond donors (Lipinski definition) is 1. The highest BCUT2D eigenvalue weighted by Crippen LogP contribution is 2.31. The average Bonchev–Trinajstić information content (AvgIpc) is 3.02. The fourth-order valence-electron chi connectivity index (χ4n) is 3.22. The number of nitrogens with one attached hydrogen (secondary N) is 1. The number of benzene rings is 2. The van der Waals surface area contributed by atoms with Crippen LogP contribution in [0.5, 0.6) is 11.5 Å². The van der Waals surface area contributed by atoms with Crippen LogP contribution in [-0.4, -0.2) is 26.2 Å². The molecule has 0 bridgehead atoms. The van der Waals surface area contributed by atoms with Gasteiger partial charge in [-0.2, -0.15) is 0 Å². The molecule has 1 heterocycles. The fourth-order valence-corrected chi connectivity index (χ4v) is 3.22. The van der Waals surface area contributed by atoms with E-state index in [2.05, 4.69) is 12.2 Å². The highest BCUT2D eigenvalue weighted by molar-refractivity contribution is 6.10. The minimum Gasteiger partial charge on any atom is -0.497 e. The number of amides is 1. The van der Waals surface area contributed by atoms with Crippen LogP contribution in [0.25, 0.3) is 0 Å². The van der Waals surface area contributed by atoms with Crippen molar-refractivity contribution >= 4 is 17.3 Å². The van der Waals surface area contributed by atoms with Crippen molar-refractivity contribution in [3.8, 4) is 11.5 Å². The van der Waals surface area contributed by atoms with Gasteiger partial charge in [0.1, 0.15) is 17.2 Å². The number of methoxy groups -OCH3 is 2. The molecule has 1 amide bonds. The lowest BCUT2D eigenvalue weighted by Gasteiger charge is -2.25. The molecule has 1 aliphatic heterocycles. The van der Waals surface area contributed by atoms with Crippen molar-refractivity contribution in [1.82, 2.24) is 0 Å². The largest absolute Gasteiger partial charge is 0.497 e. The Hall–Kier alpha value is -2.95. The minimum absolute atomic E-state index is 0.0166. The Kier molecular flexibility index (Phi) is 6.01. The van der Waals surface area contributed by atoms with E-state index in [-0.39, 0.29) is 11.9 Å². The number of ether oxygens (including phenoxy) is 2. The molecular formula is C22H26N2O3. The molecule has 1 N–H and O–H groups in total. The summed E-state index contributed by atoms with van der Waals surface area (Å²) < 4.78 is 10.4. The number of unbranched alkanes of at least 4 members (excludes halogenated alkanes) is 1.